The highest BCUT2D eigenvalue weighted by atomic mass is 16.2. The minimum Gasteiger partial charge on any atom is -0.369 e. The number of fused-ring (bicyclic) bond motifs is 1. The Morgan fingerprint density at radius 2 is 2.19 bits per heavy atom. The number of hydrogen-bond donors (Lipinski definition) is 1. The lowest BCUT2D eigenvalue weighted by atomic mass is 9.95. The summed E-state index contributed by atoms with van der Waals surface area (Å²) in [6.07, 6.45) is 0. The van der Waals surface area contributed by atoms with Crippen LogP contribution in [0.4, 0.5) is 5.69 Å². The second-order valence-corrected chi connectivity index (χ2v) is 3.99. The molecule has 2 rings (SSSR count). The van der Waals surface area contributed by atoms with Crippen LogP contribution in [0.5, 0.6) is 0 Å². The van der Waals surface area contributed by atoms with Gasteiger partial charge in [0.2, 0.25) is 11.8 Å². The molecular formula is C12H13N2O2. The molecule has 4 heteroatoms. The van der Waals surface area contributed by atoms with Crippen molar-refractivity contribution in [2.45, 2.75) is 25.8 Å². The fourth-order valence-corrected chi connectivity index (χ4v) is 2.38. The molecule has 83 valence electrons. The molecule has 1 aromatic carbocycles. The van der Waals surface area contributed by atoms with E-state index in [2.05, 4.69) is 6.07 Å². The Kier molecular flexibility index (Phi) is 2.42. The van der Waals surface area contributed by atoms with Gasteiger partial charge in [-0.1, -0.05) is 12.1 Å². The third-order valence-corrected chi connectivity index (χ3v) is 3.00. The standard InChI is InChI=1S/C12H13N2O2/c1-7-11(12(13)16)9-5-3-4-6-10(9)14(7)8(2)15/h3,5-7,11H,1-2H3,(H2,13,16). The molecular weight excluding hydrogens is 204 g/mol. The van der Waals surface area contributed by atoms with Gasteiger partial charge in [0, 0.05) is 18.7 Å². The van der Waals surface area contributed by atoms with Crippen LogP contribution in [0, 0.1) is 6.07 Å². The number of nitrogens with two attached hydrogens (primary N) is 1. The van der Waals surface area contributed by atoms with Gasteiger partial charge in [-0.25, -0.2) is 0 Å². The van der Waals surface area contributed by atoms with Crippen molar-refractivity contribution in [1.29, 1.82) is 0 Å². The van der Waals surface area contributed by atoms with E-state index in [0.29, 0.717) is 0 Å². The summed E-state index contributed by atoms with van der Waals surface area (Å²) < 4.78 is 0. The van der Waals surface area contributed by atoms with E-state index in [1.807, 2.05) is 6.92 Å². The summed E-state index contributed by atoms with van der Waals surface area (Å²) in [5, 5.41) is 0. The van der Waals surface area contributed by atoms with Crippen LogP contribution < -0.4 is 10.6 Å². The Morgan fingerprint density at radius 3 is 2.75 bits per heavy atom. The first kappa shape index (κ1) is 10.7. The molecule has 1 aromatic rings. The largest absolute Gasteiger partial charge is 0.369 e. The molecule has 16 heavy (non-hydrogen) atoms. The van der Waals surface area contributed by atoms with Crippen molar-refractivity contribution in [3.05, 3.63) is 29.8 Å². The van der Waals surface area contributed by atoms with Crippen molar-refractivity contribution >= 4 is 17.5 Å². The first-order valence-corrected chi connectivity index (χ1v) is 5.13. The van der Waals surface area contributed by atoms with Crippen LogP contribution in [0.3, 0.4) is 0 Å². The maximum absolute atomic E-state index is 11.5. The number of carbonyl (C=O) groups is 2. The van der Waals surface area contributed by atoms with Crippen LogP contribution >= 0.6 is 0 Å². The van der Waals surface area contributed by atoms with Gasteiger partial charge in [-0.2, -0.15) is 0 Å². The monoisotopic (exact) mass is 217 g/mol. The van der Waals surface area contributed by atoms with E-state index >= 15 is 0 Å². The lowest BCUT2D eigenvalue weighted by Gasteiger charge is -2.22. The molecule has 0 bridgehead atoms. The second kappa shape index (κ2) is 3.63. The highest BCUT2D eigenvalue weighted by molar-refractivity contribution is 5.99. The van der Waals surface area contributed by atoms with E-state index in [1.165, 1.54) is 6.92 Å². The van der Waals surface area contributed by atoms with E-state index in [-0.39, 0.29) is 11.9 Å². The molecule has 2 atom stereocenters. The van der Waals surface area contributed by atoms with Crippen molar-refractivity contribution in [2.75, 3.05) is 4.90 Å². The topological polar surface area (TPSA) is 63.4 Å². The van der Waals surface area contributed by atoms with E-state index in [1.54, 1.807) is 23.1 Å². The average molecular weight is 217 g/mol. The average Bonchev–Trinajstić information content (AvgIpc) is 2.49. The Balaban J connectivity index is 2.57. The lowest BCUT2D eigenvalue weighted by Crippen LogP contribution is -2.39. The summed E-state index contributed by atoms with van der Waals surface area (Å²) in [6, 6.07) is 7.93. The van der Waals surface area contributed by atoms with Crippen LogP contribution in [0.1, 0.15) is 25.3 Å². The zero-order valence-electron chi connectivity index (χ0n) is 9.23. The Hall–Kier alpha value is -1.84. The van der Waals surface area contributed by atoms with Gasteiger partial charge in [-0.3, -0.25) is 9.59 Å². The number of benzene rings is 1. The second-order valence-electron chi connectivity index (χ2n) is 3.99. The predicted octanol–water partition coefficient (Wildman–Crippen LogP) is 0.811. The third-order valence-electron chi connectivity index (χ3n) is 3.00. The fraction of sp³-hybridized carbons (Fsp3) is 0.333. The third kappa shape index (κ3) is 1.38. The number of primary amides is 1. The lowest BCUT2D eigenvalue weighted by molar-refractivity contribution is -0.120. The van der Waals surface area contributed by atoms with Crippen molar-refractivity contribution in [2.24, 2.45) is 5.73 Å². The summed E-state index contributed by atoms with van der Waals surface area (Å²) in [7, 11) is 0. The summed E-state index contributed by atoms with van der Waals surface area (Å²) in [6.45, 7) is 3.31. The summed E-state index contributed by atoms with van der Waals surface area (Å²) >= 11 is 0. The molecule has 2 N–H and O–H groups in total. The molecule has 0 saturated heterocycles. The van der Waals surface area contributed by atoms with Gasteiger partial charge >= 0.3 is 0 Å². The summed E-state index contributed by atoms with van der Waals surface area (Å²) in [5.41, 5.74) is 6.93. The van der Waals surface area contributed by atoms with Gasteiger partial charge in [-0.15, -0.1) is 0 Å². The zero-order valence-corrected chi connectivity index (χ0v) is 9.23. The minimum absolute atomic E-state index is 0.0860. The maximum atomic E-state index is 11.5. The van der Waals surface area contributed by atoms with Gasteiger partial charge in [0.1, 0.15) is 0 Å². The number of hydrogen-bond acceptors (Lipinski definition) is 2. The minimum atomic E-state index is -0.423. The van der Waals surface area contributed by atoms with E-state index < -0.39 is 11.8 Å². The quantitative estimate of drug-likeness (QED) is 0.756. The van der Waals surface area contributed by atoms with E-state index in [0.717, 1.165) is 11.3 Å². The molecule has 0 aliphatic carbocycles. The molecule has 0 spiro atoms. The first-order chi connectivity index (χ1) is 7.54. The molecule has 0 fully saturated rings. The van der Waals surface area contributed by atoms with Crippen molar-refractivity contribution in [3.63, 3.8) is 0 Å². The van der Waals surface area contributed by atoms with Gasteiger partial charge in [0.05, 0.1) is 5.92 Å². The maximum Gasteiger partial charge on any atom is 0.227 e. The van der Waals surface area contributed by atoms with Crippen molar-refractivity contribution < 1.29 is 9.59 Å². The number of anilines is 1. The van der Waals surface area contributed by atoms with Crippen LogP contribution in [0.15, 0.2) is 18.2 Å². The SMILES string of the molecule is CC(=O)N1c2c[c]ccc2C(C(N)=O)C1C. The van der Waals surface area contributed by atoms with E-state index in [9.17, 15) is 9.59 Å². The van der Waals surface area contributed by atoms with Crippen LogP contribution in [-0.4, -0.2) is 17.9 Å². The molecule has 1 aliphatic rings. The molecule has 2 amide bonds. The number of nitrogens with zero attached hydrogens (tertiary/aromatic N) is 1. The molecule has 0 aromatic heterocycles. The van der Waals surface area contributed by atoms with Gasteiger partial charge < -0.3 is 10.6 Å². The Bertz CT molecular complexity index is 415. The predicted molar refractivity (Wildman–Crippen MR) is 59.8 cm³/mol. The highest BCUT2D eigenvalue weighted by Gasteiger charge is 2.40. The number of carbonyl (C=O) groups excluding carboxylic acids is 2. The zero-order chi connectivity index (χ0) is 11.9. The van der Waals surface area contributed by atoms with Crippen LogP contribution in [0.2, 0.25) is 0 Å². The van der Waals surface area contributed by atoms with Gasteiger partial charge in [0.15, 0.2) is 0 Å². The molecule has 1 aliphatic heterocycles. The summed E-state index contributed by atoms with van der Waals surface area (Å²) in [4.78, 5) is 24.6. The Morgan fingerprint density at radius 1 is 1.50 bits per heavy atom. The molecule has 1 heterocycles. The number of rotatable bonds is 1. The smallest absolute Gasteiger partial charge is 0.227 e. The van der Waals surface area contributed by atoms with Gasteiger partial charge in [0.25, 0.3) is 0 Å². The molecule has 0 saturated carbocycles. The normalized spacial score (nSPS) is 23.0. The van der Waals surface area contributed by atoms with Crippen LogP contribution in [-0.2, 0) is 9.59 Å². The molecule has 4 nitrogen and oxygen atoms in total. The highest BCUT2D eigenvalue weighted by Crippen LogP contribution is 2.40. The Labute approximate surface area is 94.0 Å². The van der Waals surface area contributed by atoms with Gasteiger partial charge in [-0.05, 0) is 24.6 Å². The first-order valence-electron chi connectivity index (χ1n) is 5.13. The number of amides is 2. The summed E-state index contributed by atoms with van der Waals surface area (Å²) in [5.74, 6) is -0.908. The van der Waals surface area contributed by atoms with Crippen molar-refractivity contribution in [3.8, 4) is 0 Å². The fourth-order valence-electron chi connectivity index (χ4n) is 2.38. The van der Waals surface area contributed by atoms with Crippen LogP contribution in [0.25, 0.3) is 0 Å². The molecule has 1 radical (unpaired) electrons. The molecule has 2 unspecified atom stereocenters. The van der Waals surface area contributed by atoms with Crippen molar-refractivity contribution in [1.82, 2.24) is 0 Å². The van der Waals surface area contributed by atoms with E-state index in [4.69, 9.17) is 5.73 Å².